The van der Waals surface area contributed by atoms with Crippen LogP contribution in [0.4, 0.5) is 0 Å². The molecule has 1 heterocycles. The maximum Gasteiger partial charge on any atom is 0.124 e. The summed E-state index contributed by atoms with van der Waals surface area (Å²) in [6.07, 6.45) is 1.92. The van der Waals surface area contributed by atoms with Crippen LogP contribution in [0.1, 0.15) is 5.56 Å². The van der Waals surface area contributed by atoms with E-state index in [1.165, 1.54) is 5.56 Å². The minimum Gasteiger partial charge on any atom is -0.298 e. The van der Waals surface area contributed by atoms with Crippen LogP contribution < -0.4 is 0 Å². The van der Waals surface area contributed by atoms with Crippen molar-refractivity contribution in [2.24, 2.45) is 0 Å². The van der Waals surface area contributed by atoms with Gasteiger partial charge in [-0.2, -0.15) is 0 Å². The number of halogens is 1. The summed E-state index contributed by atoms with van der Waals surface area (Å²) in [6.45, 7) is 5.58. The van der Waals surface area contributed by atoms with Gasteiger partial charge in [-0.1, -0.05) is 54.1 Å². The van der Waals surface area contributed by atoms with Crippen LogP contribution in [0.15, 0.2) is 66.6 Å². The van der Waals surface area contributed by atoms with Gasteiger partial charge in [0, 0.05) is 34.6 Å². The summed E-state index contributed by atoms with van der Waals surface area (Å²) < 4.78 is 0. The maximum absolute atomic E-state index is 5.94. The number of thiazole rings is 1. The molecule has 0 unspecified atom stereocenters. The van der Waals surface area contributed by atoms with Gasteiger partial charge in [0.15, 0.2) is 0 Å². The number of likely N-dealkylation sites (N-methyl/N-ethyl adjacent to an activating group) is 1. The monoisotopic (exact) mass is 354 g/mol. The standard InChI is InChI=1S/C20H19ClN2S/c1-3-12-23(2)13-15-4-6-16(7-5-15)19-14-24-20(22-19)17-8-10-18(21)11-9-17/h3-11,14H,1,12-13H2,2H3. The van der Waals surface area contributed by atoms with Crippen molar-refractivity contribution in [1.29, 1.82) is 0 Å². The Morgan fingerprint density at radius 1 is 1.08 bits per heavy atom. The summed E-state index contributed by atoms with van der Waals surface area (Å²) in [7, 11) is 2.09. The molecule has 24 heavy (non-hydrogen) atoms. The smallest absolute Gasteiger partial charge is 0.124 e. The molecule has 3 aromatic rings. The Morgan fingerprint density at radius 3 is 2.42 bits per heavy atom. The number of hydrogen-bond donors (Lipinski definition) is 0. The van der Waals surface area contributed by atoms with Crippen molar-refractivity contribution < 1.29 is 0 Å². The summed E-state index contributed by atoms with van der Waals surface area (Å²) in [4.78, 5) is 6.98. The van der Waals surface area contributed by atoms with Crippen molar-refractivity contribution in [1.82, 2.24) is 9.88 Å². The molecule has 0 spiro atoms. The van der Waals surface area contributed by atoms with E-state index in [1.54, 1.807) is 11.3 Å². The lowest BCUT2D eigenvalue weighted by atomic mass is 10.1. The molecule has 0 aliphatic carbocycles. The fourth-order valence-corrected chi connectivity index (χ4v) is 3.47. The summed E-state index contributed by atoms with van der Waals surface area (Å²) in [5.41, 5.74) is 4.53. The molecule has 1 aromatic heterocycles. The van der Waals surface area contributed by atoms with Crippen molar-refractivity contribution in [3.8, 4) is 21.8 Å². The van der Waals surface area contributed by atoms with E-state index in [0.717, 1.165) is 39.9 Å². The number of benzene rings is 2. The van der Waals surface area contributed by atoms with Crippen LogP contribution in [-0.4, -0.2) is 23.5 Å². The van der Waals surface area contributed by atoms with Gasteiger partial charge in [0.1, 0.15) is 5.01 Å². The van der Waals surface area contributed by atoms with E-state index in [2.05, 4.69) is 48.2 Å². The SMILES string of the molecule is C=CCN(C)Cc1ccc(-c2csc(-c3ccc(Cl)cc3)n2)cc1. The van der Waals surface area contributed by atoms with Crippen molar-refractivity contribution in [2.45, 2.75) is 6.54 Å². The number of rotatable bonds is 6. The van der Waals surface area contributed by atoms with Gasteiger partial charge in [0.25, 0.3) is 0 Å². The van der Waals surface area contributed by atoms with Crippen molar-refractivity contribution in [2.75, 3.05) is 13.6 Å². The molecule has 0 aliphatic heterocycles. The van der Waals surface area contributed by atoms with Crippen LogP contribution in [-0.2, 0) is 6.54 Å². The Bertz CT molecular complexity index is 806. The van der Waals surface area contributed by atoms with Gasteiger partial charge in [-0.25, -0.2) is 4.98 Å². The average Bonchev–Trinajstić information content (AvgIpc) is 3.06. The van der Waals surface area contributed by atoms with Gasteiger partial charge < -0.3 is 0 Å². The van der Waals surface area contributed by atoms with E-state index in [1.807, 2.05) is 30.3 Å². The quantitative estimate of drug-likeness (QED) is 0.524. The maximum atomic E-state index is 5.94. The third-order valence-corrected chi connectivity index (χ3v) is 4.88. The van der Waals surface area contributed by atoms with E-state index in [-0.39, 0.29) is 0 Å². The predicted molar refractivity (Wildman–Crippen MR) is 105 cm³/mol. The Kier molecular flexibility index (Phi) is 5.46. The molecule has 122 valence electrons. The molecule has 0 amide bonds. The summed E-state index contributed by atoms with van der Waals surface area (Å²) in [6, 6.07) is 16.4. The molecule has 2 nitrogen and oxygen atoms in total. The highest BCUT2D eigenvalue weighted by Crippen LogP contribution is 2.29. The zero-order chi connectivity index (χ0) is 16.9. The average molecular weight is 355 g/mol. The normalized spacial score (nSPS) is 11.0. The second-order valence-electron chi connectivity index (χ2n) is 5.73. The zero-order valence-electron chi connectivity index (χ0n) is 13.6. The van der Waals surface area contributed by atoms with Gasteiger partial charge in [0.05, 0.1) is 5.69 Å². The van der Waals surface area contributed by atoms with Crippen LogP contribution in [0.3, 0.4) is 0 Å². The predicted octanol–water partition coefficient (Wildman–Crippen LogP) is 5.75. The van der Waals surface area contributed by atoms with Crippen LogP contribution in [0.5, 0.6) is 0 Å². The number of nitrogens with zero attached hydrogens (tertiary/aromatic N) is 2. The van der Waals surface area contributed by atoms with Crippen molar-refractivity contribution in [3.05, 3.63) is 77.2 Å². The largest absolute Gasteiger partial charge is 0.298 e. The first-order valence-electron chi connectivity index (χ1n) is 7.76. The van der Waals surface area contributed by atoms with E-state index in [4.69, 9.17) is 16.6 Å². The molecular formula is C20H19ClN2S. The third kappa shape index (κ3) is 4.12. The Balaban J connectivity index is 1.75. The molecule has 4 heteroatoms. The highest BCUT2D eigenvalue weighted by molar-refractivity contribution is 7.13. The molecule has 0 radical (unpaired) electrons. The Hall–Kier alpha value is -1.94. The van der Waals surface area contributed by atoms with Crippen LogP contribution in [0, 0.1) is 0 Å². The highest BCUT2D eigenvalue weighted by Gasteiger charge is 2.07. The fourth-order valence-electron chi connectivity index (χ4n) is 2.51. The van der Waals surface area contributed by atoms with Crippen molar-refractivity contribution >= 4 is 22.9 Å². The first kappa shape index (κ1) is 16.9. The highest BCUT2D eigenvalue weighted by atomic mass is 35.5. The summed E-state index contributed by atoms with van der Waals surface area (Å²) in [5, 5.41) is 3.85. The Morgan fingerprint density at radius 2 is 1.75 bits per heavy atom. The van der Waals surface area contributed by atoms with E-state index in [9.17, 15) is 0 Å². The Labute approximate surface area is 152 Å². The first-order valence-corrected chi connectivity index (χ1v) is 9.01. The minimum absolute atomic E-state index is 0.743. The van der Waals surface area contributed by atoms with Crippen LogP contribution in [0.2, 0.25) is 5.02 Å². The van der Waals surface area contributed by atoms with Gasteiger partial charge >= 0.3 is 0 Å². The first-order chi connectivity index (χ1) is 11.7. The lowest BCUT2D eigenvalue weighted by Crippen LogP contribution is -2.17. The molecule has 0 fully saturated rings. The third-order valence-electron chi connectivity index (χ3n) is 3.74. The van der Waals surface area contributed by atoms with E-state index in [0.29, 0.717) is 0 Å². The van der Waals surface area contributed by atoms with E-state index >= 15 is 0 Å². The van der Waals surface area contributed by atoms with Gasteiger partial charge in [-0.15, -0.1) is 17.9 Å². The summed E-state index contributed by atoms with van der Waals surface area (Å²) >= 11 is 7.60. The molecule has 0 bridgehead atoms. The molecule has 0 atom stereocenters. The van der Waals surface area contributed by atoms with Gasteiger partial charge in [-0.3, -0.25) is 4.90 Å². The molecule has 0 aliphatic rings. The van der Waals surface area contributed by atoms with Crippen LogP contribution in [0.25, 0.3) is 21.8 Å². The lowest BCUT2D eigenvalue weighted by molar-refractivity contribution is 0.364. The van der Waals surface area contributed by atoms with Crippen LogP contribution >= 0.6 is 22.9 Å². The van der Waals surface area contributed by atoms with E-state index < -0.39 is 0 Å². The molecular weight excluding hydrogens is 336 g/mol. The fraction of sp³-hybridized carbons (Fsp3) is 0.150. The number of aromatic nitrogens is 1. The van der Waals surface area contributed by atoms with Crippen molar-refractivity contribution in [3.63, 3.8) is 0 Å². The molecule has 0 N–H and O–H groups in total. The van der Waals surface area contributed by atoms with Gasteiger partial charge in [-0.05, 0) is 24.7 Å². The zero-order valence-corrected chi connectivity index (χ0v) is 15.1. The molecule has 0 saturated carbocycles. The second-order valence-corrected chi connectivity index (χ2v) is 7.02. The molecule has 0 saturated heterocycles. The topological polar surface area (TPSA) is 16.1 Å². The number of hydrogen-bond acceptors (Lipinski definition) is 3. The molecule has 3 rings (SSSR count). The summed E-state index contributed by atoms with van der Waals surface area (Å²) in [5.74, 6) is 0. The lowest BCUT2D eigenvalue weighted by Gasteiger charge is -2.14. The minimum atomic E-state index is 0.743. The second kappa shape index (κ2) is 7.75. The van der Waals surface area contributed by atoms with Gasteiger partial charge in [0.2, 0.25) is 0 Å². The molecule has 2 aromatic carbocycles.